The predicted molar refractivity (Wildman–Crippen MR) is 57.7 cm³/mol. The van der Waals surface area contributed by atoms with Crippen molar-refractivity contribution in [3.63, 3.8) is 0 Å². The lowest BCUT2D eigenvalue weighted by Gasteiger charge is -2.01. The van der Waals surface area contributed by atoms with Gasteiger partial charge in [0, 0.05) is 5.69 Å². The number of nitrogens with one attached hydrogen (secondary N) is 1. The van der Waals surface area contributed by atoms with Gasteiger partial charge in [-0.2, -0.15) is 0 Å². The van der Waals surface area contributed by atoms with Crippen LogP contribution in [0.4, 0.5) is 5.69 Å². The molecule has 0 saturated carbocycles. The number of rotatable bonds is 5. The monoisotopic (exact) mass is 178 g/mol. The minimum atomic E-state index is 0.846. The summed E-state index contributed by atoms with van der Waals surface area (Å²) >= 11 is 0. The first kappa shape index (κ1) is 10.1. The zero-order chi connectivity index (χ0) is 9.52. The number of hydrogen-bond acceptors (Lipinski definition) is 2. The van der Waals surface area contributed by atoms with E-state index < -0.39 is 0 Å². The van der Waals surface area contributed by atoms with E-state index in [0.717, 1.165) is 18.7 Å². The van der Waals surface area contributed by atoms with Gasteiger partial charge in [0.1, 0.15) is 0 Å². The molecule has 0 atom stereocenters. The second-order valence-electron chi connectivity index (χ2n) is 3.30. The average Bonchev–Trinajstić information content (AvgIpc) is 2.15. The Hall–Kier alpha value is -1.02. The van der Waals surface area contributed by atoms with Gasteiger partial charge in [-0.05, 0) is 50.6 Å². The van der Waals surface area contributed by atoms with Crippen LogP contribution in [0.2, 0.25) is 0 Å². The topological polar surface area (TPSA) is 38.0 Å². The van der Waals surface area contributed by atoms with Crippen LogP contribution in [0.1, 0.15) is 18.4 Å². The highest BCUT2D eigenvalue weighted by atomic mass is 14.8. The summed E-state index contributed by atoms with van der Waals surface area (Å²) in [5.41, 5.74) is 7.82. The van der Waals surface area contributed by atoms with Crippen molar-refractivity contribution in [3.05, 3.63) is 29.8 Å². The third-order valence-electron chi connectivity index (χ3n) is 2.12. The van der Waals surface area contributed by atoms with Gasteiger partial charge in [-0.15, -0.1) is 0 Å². The molecule has 0 amide bonds. The van der Waals surface area contributed by atoms with Crippen molar-refractivity contribution in [2.75, 3.05) is 19.3 Å². The molecule has 72 valence electrons. The van der Waals surface area contributed by atoms with Gasteiger partial charge in [0.15, 0.2) is 0 Å². The van der Waals surface area contributed by atoms with E-state index in [-0.39, 0.29) is 0 Å². The van der Waals surface area contributed by atoms with Gasteiger partial charge in [0.2, 0.25) is 0 Å². The molecule has 3 N–H and O–H groups in total. The second kappa shape index (κ2) is 5.60. The molecule has 0 heterocycles. The second-order valence-corrected chi connectivity index (χ2v) is 3.30. The molecular formula is C11H18N2. The van der Waals surface area contributed by atoms with E-state index in [2.05, 4.69) is 17.4 Å². The summed E-state index contributed by atoms with van der Waals surface area (Å²) in [5.74, 6) is 0. The highest BCUT2D eigenvalue weighted by Crippen LogP contribution is 2.08. The van der Waals surface area contributed by atoms with Crippen LogP contribution in [0, 0.1) is 0 Å². The number of nitrogen functional groups attached to an aromatic ring is 1. The van der Waals surface area contributed by atoms with Crippen molar-refractivity contribution in [2.45, 2.75) is 19.3 Å². The molecule has 0 aliphatic rings. The Labute approximate surface area is 80.1 Å². The number of nitrogens with two attached hydrogens (primary N) is 1. The van der Waals surface area contributed by atoms with Crippen LogP contribution in [0.15, 0.2) is 24.3 Å². The number of unbranched alkanes of at least 4 members (excludes halogenated alkanes) is 1. The average molecular weight is 178 g/mol. The van der Waals surface area contributed by atoms with E-state index in [1.54, 1.807) is 0 Å². The molecular weight excluding hydrogens is 160 g/mol. The Morgan fingerprint density at radius 1 is 1.15 bits per heavy atom. The Morgan fingerprint density at radius 2 is 1.85 bits per heavy atom. The summed E-state index contributed by atoms with van der Waals surface area (Å²) in [7, 11) is 1.99. The molecule has 13 heavy (non-hydrogen) atoms. The van der Waals surface area contributed by atoms with Gasteiger partial charge in [0.25, 0.3) is 0 Å². The summed E-state index contributed by atoms with van der Waals surface area (Å²) in [6, 6.07) is 8.14. The molecule has 0 unspecified atom stereocenters. The highest BCUT2D eigenvalue weighted by molar-refractivity contribution is 5.39. The lowest BCUT2D eigenvalue weighted by molar-refractivity contribution is 0.677. The van der Waals surface area contributed by atoms with E-state index >= 15 is 0 Å². The Kier molecular flexibility index (Phi) is 4.33. The van der Waals surface area contributed by atoms with Crippen molar-refractivity contribution >= 4 is 5.69 Å². The fourth-order valence-electron chi connectivity index (χ4n) is 1.32. The molecule has 0 aliphatic heterocycles. The van der Waals surface area contributed by atoms with Crippen LogP contribution in [-0.2, 0) is 6.42 Å². The zero-order valence-corrected chi connectivity index (χ0v) is 8.22. The Bertz CT molecular complexity index is 228. The van der Waals surface area contributed by atoms with Crippen LogP contribution in [0.25, 0.3) is 0 Å². The first-order chi connectivity index (χ1) is 6.33. The Morgan fingerprint density at radius 3 is 2.46 bits per heavy atom. The van der Waals surface area contributed by atoms with Crippen molar-refractivity contribution in [1.82, 2.24) is 5.32 Å². The minimum Gasteiger partial charge on any atom is -0.399 e. The maximum absolute atomic E-state index is 5.59. The molecule has 0 aliphatic carbocycles. The smallest absolute Gasteiger partial charge is 0.0314 e. The van der Waals surface area contributed by atoms with E-state index in [9.17, 15) is 0 Å². The lowest BCUT2D eigenvalue weighted by atomic mass is 10.1. The maximum Gasteiger partial charge on any atom is 0.0314 e. The fourth-order valence-corrected chi connectivity index (χ4v) is 1.32. The van der Waals surface area contributed by atoms with E-state index in [4.69, 9.17) is 5.73 Å². The number of hydrogen-bond donors (Lipinski definition) is 2. The van der Waals surface area contributed by atoms with Crippen molar-refractivity contribution < 1.29 is 0 Å². The quantitative estimate of drug-likeness (QED) is 0.533. The molecule has 0 fully saturated rings. The first-order valence-corrected chi connectivity index (χ1v) is 4.82. The van der Waals surface area contributed by atoms with Crippen molar-refractivity contribution in [3.8, 4) is 0 Å². The standard InChI is InChI=1S/C11H18N2/c1-13-9-3-2-4-10-5-7-11(12)8-6-10/h5-8,13H,2-4,9,12H2,1H3. The summed E-state index contributed by atoms with van der Waals surface area (Å²) in [6.07, 6.45) is 3.63. The highest BCUT2D eigenvalue weighted by Gasteiger charge is 1.92. The van der Waals surface area contributed by atoms with E-state index in [1.165, 1.54) is 18.4 Å². The van der Waals surface area contributed by atoms with Gasteiger partial charge in [-0.25, -0.2) is 0 Å². The molecule has 2 nitrogen and oxygen atoms in total. The predicted octanol–water partition coefficient (Wildman–Crippen LogP) is 1.81. The third-order valence-corrected chi connectivity index (χ3v) is 2.12. The summed E-state index contributed by atoms with van der Waals surface area (Å²) in [5, 5.41) is 3.14. The van der Waals surface area contributed by atoms with Crippen molar-refractivity contribution in [2.24, 2.45) is 0 Å². The van der Waals surface area contributed by atoms with E-state index in [0.29, 0.717) is 0 Å². The van der Waals surface area contributed by atoms with Gasteiger partial charge >= 0.3 is 0 Å². The minimum absolute atomic E-state index is 0.846. The molecule has 1 rings (SSSR count). The van der Waals surface area contributed by atoms with E-state index in [1.807, 2.05) is 19.2 Å². The third kappa shape index (κ3) is 3.95. The normalized spacial score (nSPS) is 10.2. The van der Waals surface area contributed by atoms with Crippen molar-refractivity contribution in [1.29, 1.82) is 0 Å². The molecule has 0 radical (unpaired) electrons. The summed E-state index contributed by atoms with van der Waals surface area (Å²) in [6.45, 7) is 1.11. The van der Waals surface area contributed by atoms with Gasteiger partial charge in [-0.3, -0.25) is 0 Å². The Balaban J connectivity index is 2.25. The molecule has 2 heteroatoms. The summed E-state index contributed by atoms with van der Waals surface area (Å²) in [4.78, 5) is 0. The molecule has 0 saturated heterocycles. The van der Waals surface area contributed by atoms with Crippen LogP contribution in [0.5, 0.6) is 0 Å². The summed E-state index contributed by atoms with van der Waals surface area (Å²) < 4.78 is 0. The molecule has 1 aromatic rings. The largest absolute Gasteiger partial charge is 0.399 e. The SMILES string of the molecule is CNCCCCc1ccc(N)cc1. The van der Waals surface area contributed by atoms with Crippen LogP contribution in [0.3, 0.4) is 0 Å². The molecule has 1 aromatic carbocycles. The molecule has 0 aromatic heterocycles. The molecule has 0 bridgehead atoms. The van der Waals surface area contributed by atoms with Crippen LogP contribution in [-0.4, -0.2) is 13.6 Å². The fraction of sp³-hybridized carbons (Fsp3) is 0.455. The first-order valence-electron chi connectivity index (χ1n) is 4.82. The van der Waals surface area contributed by atoms with Gasteiger partial charge in [0.05, 0.1) is 0 Å². The van der Waals surface area contributed by atoms with Crippen LogP contribution >= 0.6 is 0 Å². The number of benzene rings is 1. The number of anilines is 1. The zero-order valence-electron chi connectivity index (χ0n) is 8.22. The lowest BCUT2D eigenvalue weighted by Crippen LogP contribution is -2.07. The molecule has 0 spiro atoms. The number of aryl methyl sites for hydroxylation is 1. The van der Waals surface area contributed by atoms with Gasteiger partial charge in [-0.1, -0.05) is 12.1 Å². The van der Waals surface area contributed by atoms with Crippen LogP contribution < -0.4 is 11.1 Å². The van der Waals surface area contributed by atoms with Gasteiger partial charge < -0.3 is 11.1 Å². The maximum atomic E-state index is 5.59.